The number of imide groups is 2. The van der Waals surface area contributed by atoms with E-state index in [4.69, 9.17) is 47.1 Å². The minimum absolute atomic E-state index is 0.0287. The summed E-state index contributed by atoms with van der Waals surface area (Å²) in [6.07, 6.45) is 2.46. The average Bonchev–Trinajstić information content (AvgIpc) is 3.45. The van der Waals surface area contributed by atoms with Crippen LogP contribution in [0.25, 0.3) is 0 Å². The van der Waals surface area contributed by atoms with Gasteiger partial charge in [-0.3, -0.25) is 34.2 Å². The number of hydrogen-bond donors (Lipinski definition) is 2. The first-order valence-corrected chi connectivity index (χ1v) is 24.0. The summed E-state index contributed by atoms with van der Waals surface area (Å²) in [6.45, 7) is 16.0. The molecule has 0 bridgehead atoms. The first-order valence-electron chi connectivity index (χ1n) is 20.6. The molecule has 0 radical (unpaired) electrons. The van der Waals surface area contributed by atoms with Crippen LogP contribution in [-0.4, -0.2) is 174 Å². The Bertz CT molecular complexity index is 1410. The largest absolute Gasteiger partial charge is 0.415 e. The van der Waals surface area contributed by atoms with Crippen LogP contribution in [0.15, 0.2) is 18.2 Å². The third-order valence-corrected chi connectivity index (χ3v) is 9.74. The summed E-state index contributed by atoms with van der Waals surface area (Å²) in [6, 6.07) is 3.53. The van der Waals surface area contributed by atoms with E-state index in [1.54, 1.807) is 12.1 Å². The van der Waals surface area contributed by atoms with Crippen LogP contribution in [-0.2, 0) is 61.4 Å². The molecule has 1 saturated heterocycles. The second-order valence-electron chi connectivity index (χ2n) is 14.5. The number of amides is 5. The van der Waals surface area contributed by atoms with Crippen LogP contribution in [0, 0.1) is 0 Å². The Morgan fingerprint density at radius 1 is 0.627 bits per heavy atom. The van der Waals surface area contributed by atoms with Gasteiger partial charge in [-0.15, -0.1) is 0 Å². The lowest BCUT2D eigenvalue weighted by atomic mass is 10.0. The van der Waals surface area contributed by atoms with Crippen molar-refractivity contribution in [3.63, 3.8) is 0 Å². The number of nitrogens with zero attached hydrogens (tertiary/aromatic N) is 1. The molecule has 5 amide bonds. The third-order valence-electron chi connectivity index (χ3n) is 8.67. The molecule has 1 aromatic carbocycles. The van der Waals surface area contributed by atoms with Gasteiger partial charge in [0.05, 0.1) is 136 Å². The first kappa shape index (κ1) is 50.1. The van der Waals surface area contributed by atoms with E-state index in [9.17, 15) is 24.0 Å². The van der Waals surface area contributed by atoms with Crippen LogP contribution in [0.4, 0.5) is 5.69 Å². The number of carbonyl (C=O) groups is 5. The predicted octanol–water partition coefficient (Wildman–Crippen LogP) is 2.59. The molecule has 1 fully saturated rings. The van der Waals surface area contributed by atoms with Gasteiger partial charge in [-0.1, -0.05) is 12.5 Å². The van der Waals surface area contributed by atoms with Crippen LogP contribution < -0.4 is 10.6 Å². The highest BCUT2D eigenvalue weighted by molar-refractivity contribution is 6.69. The number of unbranched alkanes of at least 4 members (excludes halogenated alkanes) is 2. The number of nitrogens with one attached hydrogen (secondary N) is 2. The third kappa shape index (κ3) is 21.2. The molecule has 1 unspecified atom stereocenters. The summed E-state index contributed by atoms with van der Waals surface area (Å²) in [7, 11) is -1.47. The van der Waals surface area contributed by atoms with Crippen molar-refractivity contribution in [1.29, 1.82) is 0 Å². The molecule has 3 rings (SSSR count). The zero-order valence-corrected chi connectivity index (χ0v) is 36.1. The smallest absolute Gasteiger partial charge is 0.264 e. The Balaban J connectivity index is 1.01. The lowest BCUT2D eigenvalue weighted by molar-refractivity contribution is -0.136. The first-order chi connectivity index (χ1) is 28.6. The van der Waals surface area contributed by atoms with E-state index < -0.39 is 38.0 Å². The zero-order valence-electron chi connectivity index (χ0n) is 35.1. The van der Waals surface area contributed by atoms with Crippen molar-refractivity contribution in [2.24, 2.45) is 0 Å². The molecule has 0 aromatic heterocycles. The minimum atomic E-state index is -1.47. The van der Waals surface area contributed by atoms with Crippen molar-refractivity contribution in [2.75, 3.05) is 131 Å². The van der Waals surface area contributed by atoms with Crippen LogP contribution in [0.5, 0.6) is 0 Å². The van der Waals surface area contributed by atoms with Gasteiger partial charge in [-0.2, -0.15) is 0 Å². The molecule has 19 heteroatoms. The predicted molar refractivity (Wildman–Crippen MR) is 217 cm³/mol. The normalized spacial score (nSPS) is 15.6. The summed E-state index contributed by atoms with van der Waals surface area (Å²) in [5.41, 5.74) is 0.384. The fraction of sp³-hybridized carbons (Fsp3) is 0.725. The molecule has 59 heavy (non-hydrogen) atoms. The van der Waals surface area contributed by atoms with Crippen LogP contribution >= 0.6 is 0 Å². The van der Waals surface area contributed by atoms with Gasteiger partial charge in [-0.25, -0.2) is 0 Å². The summed E-state index contributed by atoms with van der Waals surface area (Å²) in [5, 5.41) is 4.91. The number of piperidine rings is 1. The van der Waals surface area contributed by atoms with E-state index in [0.29, 0.717) is 132 Å². The van der Waals surface area contributed by atoms with E-state index >= 15 is 0 Å². The number of ether oxygens (including phenoxy) is 9. The van der Waals surface area contributed by atoms with E-state index in [1.165, 1.54) is 6.07 Å². The molecule has 2 aliphatic heterocycles. The van der Waals surface area contributed by atoms with Crippen molar-refractivity contribution in [3.05, 3.63) is 29.3 Å². The summed E-state index contributed by atoms with van der Waals surface area (Å²) in [5.74, 6) is -2.71. The number of benzene rings is 1. The number of hydrogen-bond acceptors (Lipinski definition) is 15. The van der Waals surface area contributed by atoms with Gasteiger partial charge in [0.1, 0.15) is 6.04 Å². The number of carbonyl (C=O) groups excluding carboxylic acids is 5. The van der Waals surface area contributed by atoms with Crippen LogP contribution in [0.2, 0.25) is 19.6 Å². The molecule has 334 valence electrons. The molecule has 0 saturated carbocycles. The molecule has 1 aromatic rings. The maximum atomic E-state index is 13.2. The Kier molecular flexibility index (Phi) is 25.4. The van der Waals surface area contributed by atoms with Crippen molar-refractivity contribution in [3.8, 4) is 0 Å². The zero-order chi connectivity index (χ0) is 42.6. The summed E-state index contributed by atoms with van der Waals surface area (Å²) >= 11 is 0. The maximum Gasteiger partial charge on any atom is 0.264 e. The van der Waals surface area contributed by atoms with Gasteiger partial charge >= 0.3 is 0 Å². The number of rotatable bonds is 36. The van der Waals surface area contributed by atoms with E-state index in [2.05, 4.69) is 30.3 Å². The molecule has 0 aliphatic carbocycles. The molecule has 2 heterocycles. The molecule has 0 spiro atoms. The van der Waals surface area contributed by atoms with Crippen LogP contribution in [0.3, 0.4) is 0 Å². The molecule has 2 N–H and O–H groups in total. The van der Waals surface area contributed by atoms with E-state index in [-0.39, 0.29) is 42.0 Å². The minimum Gasteiger partial charge on any atom is -0.415 e. The quantitative estimate of drug-likeness (QED) is 0.0566. The lowest BCUT2D eigenvalue weighted by Crippen LogP contribution is -2.54. The van der Waals surface area contributed by atoms with Gasteiger partial charge in [-0.05, 0) is 51.0 Å². The maximum absolute atomic E-state index is 13.2. The van der Waals surface area contributed by atoms with Gasteiger partial charge in [0.15, 0.2) is 8.32 Å². The highest BCUT2D eigenvalue weighted by Gasteiger charge is 2.45. The molecule has 1 atom stereocenters. The topological polar surface area (TPSA) is 205 Å². The lowest BCUT2D eigenvalue weighted by Gasteiger charge is -2.27. The SMILES string of the molecule is C[Si](C)(C)OCCOCCOCCOCCOCCOCCOCCOCCOCCOCCCCCC(=O)Nc1cccc2c1C(=O)N(C1CCC(=O)NC1=O)C2=O. The van der Waals surface area contributed by atoms with Gasteiger partial charge < -0.3 is 52.4 Å². The average molecular weight is 856 g/mol. The molecular weight excluding hydrogens is 791 g/mol. The highest BCUT2D eigenvalue weighted by atomic mass is 28.4. The summed E-state index contributed by atoms with van der Waals surface area (Å²) < 4.78 is 55.3. The van der Waals surface area contributed by atoms with E-state index in [1.807, 2.05) is 0 Å². The highest BCUT2D eigenvalue weighted by Crippen LogP contribution is 2.32. The summed E-state index contributed by atoms with van der Waals surface area (Å²) in [4.78, 5) is 63.6. The van der Waals surface area contributed by atoms with Crippen molar-refractivity contribution in [1.82, 2.24) is 10.2 Å². The molecule has 2 aliphatic rings. The fourth-order valence-electron chi connectivity index (χ4n) is 5.77. The van der Waals surface area contributed by atoms with Crippen molar-refractivity contribution < 1.29 is 71.0 Å². The Labute approximate surface area is 348 Å². The monoisotopic (exact) mass is 855 g/mol. The van der Waals surface area contributed by atoms with Gasteiger partial charge in [0.2, 0.25) is 17.7 Å². The van der Waals surface area contributed by atoms with Crippen molar-refractivity contribution in [2.45, 2.75) is 64.2 Å². The van der Waals surface area contributed by atoms with E-state index in [0.717, 1.165) is 17.7 Å². The standard InChI is InChI=1S/C40H65N3O15Si/c1-59(2,3)58-31-30-57-29-28-56-27-26-55-25-24-54-23-22-53-21-20-52-19-18-51-17-16-50-15-14-49-13-6-4-5-10-35(44)41-33-9-7-8-32-37(33)40(48)43(39(32)47)34-11-12-36(45)42-38(34)46/h7-9,34H,4-6,10-31H2,1-3H3,(H,41,44)(H,42,45,46). The second-order valence-corrected chi connectivity index (χ2v) is 19.0. The Morgan fingerprint density at radius 2 is 1.08 bits per heavy atom. The Hall–Kier alpha value is -3.21. The van der Waals surface area contributed by atoms with Crippen LogP contribution in [0.1, 0.15) is 59.2 Å². The molecular formula is C40H65N3O15Si. The van der Waals surface area contributed by atoms with Gasteiger partial charge in [0.25, 0.3) is 11.8 Å². The Morgan fingerprint density at radius 3 is 1.54 bits per heavy atom. The van der Waals surface area contributed by atoms with Crippen molar-refractivity contribution >= 4 is 43.5 Å². The molecule has 18 nitrogen and oxygen atoms in total. The number of anilines is 1. The van der Waals surface area contributed by atoms with Gasteiger partial charge in [0, 0.05) is 19.4 Å². The second kappa shape index (κ2) is 29.9. The fourth-order valence-corrected chi connectivity index (χ4v) is 6.46. The number of fused-ring (bicyclic) bond motifs is 1.